The molecule has 2 heterocycles. The highest BCUT2D eigenvalue weighted by atomic mass is 35.5. The number of hydrogen-bond donors (Lipinski definition) is 1. The van der Waals surface area contributed by atoms with Crippen molar-refractivity contribution in [1.29, 1.82) is 0 Å². The third-order valence-electron chi connectivity index (χ3n) is 4.56. The van der Waals surface area contributed by atoms with Crippen molar-refractivity contribution in [2.24, 2.45) is 0 Å². The molecule has 0 aliphatic heterocycles. The molecule has 0 amide bonds. The zero-order chi connectivity index (χ0) is 19.1. The van der Waals surface area contributed by atoms with E-state index < -0.39 is 5.76 Å². The van der Waals surface area contributed by atoms with E-state index in [9.17, 15) is 4.79 Å². The lowest BCUT2D eigenvalue weighted by molar-refractivity contribution is 0.388. The van der Waals surface area contributed by atoms with Gasteiger partial charge in [0.25, 0.3) is 0 Å². The summed E-state index contributed by atoms with van der Waals surface area (Å²) in [7, 11) is 0. The molecule has 0 unspecified atom stereocenters. The van der Waals surface area contributed by atoms with Crippen LogP contribution in [0.4, 0.5) is 0 Å². The van der Waals surface area contributed by atoms with Gasteiger partial charge in [-0.1, -0.05) is 41.0 Å². The number of benzene rings is 3. The van der Waals surface area contributed by atoms with Gasteiger partial charge in [0, 0.05) is 16.3 Å². The van der Waals surface area contributed by atoms with Crippen molar-refractivity contribution >= 4 is 22.6 Å². The van der Waals surface area contributed by atoms with E-state index in [0.29, 0.717) is 10.8 Å². The smallest absolute Gasteiger partial charge is 0.299 e. The molecular weight excluding hydrogens is 376 g/mol. The highest BCUT2D eigenvalue weighted by Crippen LogP contribution is 2.27. The molecular formula is C21H13ClN4O2. The number of H-pyrrole nitrogens is 1. The fraction of sp³-hybridized carbons (Fsp3) is 0. The Morgan fingerprint density at radius 2 is 1.75 bits per heavy atom. The maximum absolute atomic E-state index is 11.2. The lowest BCUT2D eigenvalue weighted by atomic mass is 10.1. The summed E-state index contributed by atoms with van der Waals surface area (Å²) >= 11 is 6.00. The van der Waals surface area contributed by atoms with Gasteiger partial charge in [0.2, 0.25) is 0 Å². The summed E-state index contributed by atoms with van der Waals surface area (Å²) in [6.07, 6.45) is 1.78. The van der Waals surface area contributed by atoms with Gasteiger partial charge in [-0.15, -0.1) is 0 Å². The number of imidazole rings is 1. The van der Waals surface area contributed by atoms with Crippen molar-refractivity contribution in [3.63, 3.8) is 0 Å². The Bertz CT molecular complexity index is 1350. The van der Waals surface area contributed by atoms with E-state index in [1.807, 2.05) is 59.2 Å². The van der Waals surface area contributed by atoms with Crippen LogP contribution in [0.3, 0.4) is 0 Å². The average Bonchev–Trinajstić information content (AvgIpc) is 3.34. The largest absolute Gasteiger partial charge is 0.439 e. The molecule has 0 atom stereocenters. The number of aromatic amines is 1. The highest BCUT2D eigenvalue weighted by Gasteiger charge is 2.10. The number of fused-ring (bicyclic) bond motifs is 1. The highest BCUT2D eigenvalue weighted by molar-refractivity contribution is 6.30. The first-order valence-electron chi connectivity index (χ1n) is 8.57. The van der Waals surface area contributed by atoms with Gasteiger partial charge in [0.05, 0.1) is 11.0 Å². The monoisotopic (exact) mass is 388 g/mol. The van der Waals surface area contributed by atoms with Crippen LogP contribution in [-0.4, -0.2) is 19.7 Å². The molecule has 0 saturated carbocycles. The third-order valence-corrected chi connectivity index (χ3v) is 4.81. The predicted octanol–water partition coefficient (Wildman–Crippen LogP) is 4.69. The summed E-state index contributed by atoms with van der Waals surface area (Å²) in [6.45, 7) is 0. The van der Waals surface area contributed by atoms with Crippen LogP contribution >= 0.6 is 11.6 Å². The van der Waals surface area contributed by atoms with Crippen molar-refractivity contribution in [3.8, 4) is 28.2 Å². The molecule has 2 aromatic heterocycles. The van der Waals surface area contributed by atoms with Gasteiger partial charge < -0.3 is 0 Å². The Morgan fingerprint density at radius 3 is 2.54 bits per heavy atom. The Hall–Kier alpha value is -3.64. The standard InChI is InChI=1S/C21H13ClN4O2/c22-16-7-4-13(5-8-16)14-2-1-3-17(10-14)26-12-23-18-9-6-15(11-19(18)26)20-24-21(27)28-25-20/h1-12H,(H,24,25,27). The molecule has 0 saturated heterocycles. The zero-order valence-corrected chi connectivity index (χ0v) is 15.2. The maximum Gasteiger partial charge on any atom is 0.439 e. The molecule has 0 radical (unpaired) electrons. The lowest BCUT2D eigenvalue weighted by Gasteiger charge is -2.08. The number of hydrogen-bond acceptors (Lipinski definition) is 4. The SMILES string of the molecule is O=c1[nH]c(-c2ccc3ncn(-c4cccc(-c5ccc(Cl)cc5)c4)c3c2)no1. The van der Waals surface area contributed by atoms with E-state index in [0.717, 1.165) is 33.4 Å². The van der Waals surface area contributed by atoms with Crippen LogP contribution in [-0.2, 0) is 0 Å². The first kappa shape index (κ1) is 16.5. The number of aromatic nitrogens is 4. The minimum absolute atomic E-state index is 0.384. The first-order chi connectivity index (χ1) is 13.7. The van der Waals surface area contributed by atoms with Crippen molar-refractivity contribution in [2.75, 3.05) is 0 Å². The number of rotatable bonds is 3. The Balaban J connectivity index is 1.62. The van der Waals surface area contributed by atoms with E-state index in [1.54, 1.807) is 6.33 Å². The van der Waals surface area contributed by atoms with Gasteiger partial charge in [0.15, 0.2) is 5.82 Å². The van der Waals surface area contributed by atoms with Crippen LogP contribution < -0.4 is 5.76 Å². The van der Waals surface area contributed by atoms with Crippen molar-refractivity contribution < 1.29 is 4.52 Å². The molecule has 0 spiro atoms. The lowest BCUT2D eigenvalue weighted by Crippen LogP contribution is -1.95. The van der Waals surface area contributed by atoms with Crippen LogP contribution in [0, 0.1) is 0 Å². The summed E-state index contributed by atoms with van der Waals surface area (Å²) in [4.78, 5) is 18.3. The minimum Gasteiger partial charge on any atom is -0.299 e. The summed E-state index contributed by atoms with van der Waals surface area (Å²) in [5, 5.41) is 4.46. The van der Waals surface area contributed by atoms with Gasteiger partial charge in [-0.05, 0) is 53.6 Å². The molecule has 0 aliphatic carbocycles. The fourth-order valence-electron chi connectivity index (χ4n) is 3.19. The molecule has 28 heavy (non-hydrogen) atoms. The summed E-state index contributed by atoms with van der Waals surface area (Å²) in [5.74, 6) is -0.200. The van der Waals surface area contributed by atoms with Crippen LogP contribution in [0.2, 0.25) is 5.02 Å². The second kappa shape index (κ2) is 6.51. The zero-order valence-electron chi connectivity index (χ0n) is 14.5. The molecule has 0 aliphatic rings. The maximum atomic E-state index is 11.2. The van der Waals surface area contributed by atoms with Crippen molar-refractivity contribution in [3.05, 3.63) is 88.6 Å². The predicted molar refractivity (Wildman–Crippen MR) is 108 cm³/mol. The van der Waals surface area contributed by atoms with Crippen LogP contribution in [0.15, 0.2) is 82.4 Å². The summed E-state index contributed by atoms with van der Waals surface area (Å²) in [5.41, 5.74) is 5.61. The van der Waals surface area contributed by atoms with E-state index in [2.05, 4.69) is 31.8 Å². The van der Waals surface area contributed by atoms with Crippen molar-refractivity contribution in [2.45, 2.75) is 0 Å². The molecule has 0 fully saturated rings. The molecule has 1 N–H and O–H groups in total. The quantitative estimate of drug-likeness (QED) is 0.486. The number of halogens is 1. The number of nitrogens with zero attached hydrogens (tertiary/aromatic N) is 3. The molecule has 6 nitrogen and oxygen atoms in total. The summed E-state index contributed by atoms with van der Waals surface area (Å²) < 4.78 is 6.60. The topological polar surface area (TPSA) is 76.7 Å². The van der Waals surface area contributed by atoms with E-state index >= 15 is 0 Å². The van der Waals surface area contributed by atoms with E-state index in [-0.39, 0.29) is 0 Å². The minimum atomic E-state index is -0.584. The summed E-state index contributed by atoms with van der Waals surface area (Å²) in [6, 6.07) is 21.6. The van der Waals surface area contributed by atoms with Gasteiger partial charge in [-0.2, -0.15) is 0 Å². The van der Waals surface area contributed by atoms with Gasteiger partial charge in [-0.25, -0.2) is 9.78 Å². The van der Waals surface area contributed by atoms with Crippen LogP contribution in [0.5, 0.6) is 0 Å². The second-order valence-corrected chi connectivity index (χ2v) is 6.76. The Labute approximate surface area is 164 Å². The van der Waals surface area contributed by atoms with Gasteiger partial charge >= 0.3 is 5.76 Å². The second-order valence-electron chi connectivity index (χ2n) is 6.32. The first-order valence-corrected chi connectivity index (χ1v) is 8.95. The molecule has 3 aromatic carbocycles. The molecule has 136 valence electrons. The van der Waals surface area contributed by atoms with E-state index in [4.69, 9.17) is 11.6 Å². The van der Waals surface area contributed by atoms with E-state index in [1.165, 1.54) is 0 Å². The normalized spacial score (nSPS) is 11.2. The number of nitrogens with one attached hydrogen (secondary N) is 1. The Morgan fingerprint density at radius 1 is 0.929 bits per heavy atom. The Kier molecular flexibility index (Phi) is 3.84. The molecule has 7 heteroatoms. The van der Waals surface area contributed by atoms with Crippen molar-refractivity contribution in [1.82, 2.24) is 19.7 Å². The fourth-order valence-corrected chi connectivity index (χ4v) is 3.32. The van der Waals surface area contributed by atoms with Crippen LogP contribution in [0.1, 0.15) is 0 Å². The average molecular weight is 389 g/mol. The van der Waals surface area contributed by atoms with Gasteiger partial charge in [-0.3, -0.25) is 14.1 Å². The third kappa shape index (κ3) is 2.90. The molecule has 0 bridgehead atoms. The van der Waals surface area contributed by atoms with Crippen LogP contribution in [0.25, 0.3) is 39.2 Å². The molecule has 5 aromatic rings. The molecule has 5 rings (SSSR count). The van der Waals surface area contributed by atoms with Gasteiger partial charge in [0.1, 0.15) is 6.33 Å².